The number of halogens is 1. The molecule has 0 bridgehead atoms. The Bertz CT molecular complexity index is 491. The van der Waals surface area contributed by atoms with Crippen molar-refractivity contribution in [3.8, 4) is 0 Å². The lowest BCUT2D eigenvalue weighted by Gasteiger charge is -2.04. The van der Waals surface area contributed by atoms with Crippen molar-refractivity contribution in [3.05, 3.63) is 71.5 Å². The topological polar surface area (TPSA) is 32.6 Å². The molecular formula is C13H10FNO. The number of oxime groups is 1. The van der Waals surface area contributed by atoms with Crippen molar-refractivity contribution in [3.63, 3.8) is 0 Å². The highest BCUT2D eigenvalue weighted by Gasteiger charge is 2.06. The molecule has 3 heteroatoms. The minimum atomic E-state index is -0.311. The van der Waals surface area contributed by atoms with Crippen molar-refractivity contribution in [1.82, 2.24) is 0 Å². The molecular weight excluding hydrogens is 205 g/mol. The van der Waals surface area contributed by atoms with E-state index in [1.807, 2.05) is 30.3 Å². The number of nitrogens with zero attached hydrogens (tertiary/aromatic N) is 1. The van der Waals surface area contributed by atoms with Crippen LogP contribution in [0.2, 0.25) is 0 Å². The van der Waals surface area contributed by atoms with Gasteiger partial charge in [0.2, 0.25) is 0 Å². The van der Waals surface area contributed by atoms with E-state index in [0.717, 1.165) is 5.56 Å². The summed E-state index contributed by atoms with van der Waals surface area (Å²) in [5.74, 6) is -0.311. The second kappa shape index (κ2) is 4.57. The van der Waals surface area contributed by atoms with Gasteiger partial charge in [0.05, 0.1) is 0 Å². The summed E-state index contributed by atoms with van der Waals surface area (Å²) >= 11 is 0. The van der Waals surface area contributed by atoms with Crippen molar-refractivity contribution in [1.29, 1.82) is 0 Å². The van der Waals surface area contributed by atoms with Crippen LogP contribution in [0.3, 0.4) is 0 Å². The van der Waals surface area contributed by atoms with E-state index in [2.05, 4.69) is 5.16 Å². The molecule has 0 saturated heterocycles. The van der Waals surface area contributed by atoms with Gasteiger partial charge in [-0.05, 0) is 24.3 Å². The second-order valence-corrected chi connectivity index (χ2v) is 3.32. The second-order valence-electron chi connectivity index (χ2n) is 3.32. The van der Waals surface area contributed by atoms with Gasteiger partial charge >= 0.3 is 0 Å². The molecule has 0 unspecified atom stereocenters. The Hall–Kier alpha value is -2.16. The summed E-state index contributed by atoms with van der Waals surface area (Å²) in [6.07, 6.45) is 0. The molecule has 0 aliphatic rings. The summed E-state index contributed by atoms with van der Waals surface area (Å²) in [6, 6.07) is 15.1. The number of hydrogen-bond donors (Lipinski definition) is 1. The fourth-order valence-corrected chi connectivity index (χ4v) is 1.49. The fourth-order valence-electron chi connectivity index (χ4n) is 1.49. The first-order valence-electron chi connectivity index (χ1n) is 4.84. The van der Waals surface area contributed by atoms with Crippen LogP contribution in [0.1, 0.15) is 11.1 Å². The molecule has 0 radical (unpaired) electrons. The van der Waals surface area contributed by atoms with Crippen LogP contribution >= 0.6 is 0 Å². The van der Waals surface area contributed by atoms with E-state index in [1.165, 1.54) is 12.1 Å². The van der Waals surface area contributed by atoms with Crippen LogP contribution in [-0.4, -0.2) is 10.9 Å². The van der Waals surface area contributed by atoms with Gasteiger partial charge in [0.25, 0.3) is 0 Å². The van der Waals surface area contributed by atoms with Crippen LogP contribution in [-0.2, 0) is 0 Å². The first-order chi connectivity index (χ1) is 7.81. The lowest BCUT2D eigenvalue weighted by molar-refractivity contribution is 0.319. The molecule has 0 aliphatic carbocycles. The summed E-state index contributed by atoms with van der Waals surface area (Å²) in [6.45, 7) is 0. The lowest BCUT2D eigenvalue weighted by atomic mass is 10.0. The highest BCUT2D eigenvalue weighted by Crippen LogP contribution is 2.11. The minimum Gasteiger partial charge on any atom is -0.410 e. The summed E-state index contributed by atoms with van der Waals surface area (Å²) in [5, 5.41) is 12.2. The maximum absolute atomic E-state index is 12.8. The third-order valence-corrected chi connectivity index (χ3v) is 2.26. The molecule has 0 fully saturated rings. The Morgan fingerprint density at radius 3 is 2.00 bits per heavy atom. The molecule has 2 rings (SSSR count). The Balaban J connectivity index is 2.42. The van der Waals surface area contributed by atoms with Crippen molar-refractivity contribution in [2.24, 2.45) is 5.16 Å². The zero-order chi connectivity index (χ0) is 11.4. The van der Waals surface area contributed by atoms with Crippen LogP contribution in [0.4, 0.5) is 4.39 Å². The maximum Gasteiger partial charge on any atom is 0.123 e. The van der Waals surface area contributed by atoms with Crippen LogP contribution < -0.4 is 0 Å². The zero-order valence-corrected chi connectivity index (χ0v) is 8.47. The summed E-state index contributed by atoms with van der Waals surface area (Å²) in [5.41, 5.74) is 1.90. The van der Waals surface area contributed by atoms with Crippen molar-refractivity contribution in [2.75, 3.05) is 0 Å². The van der Waals surface area contributed by atoms with Gasteiger partial charge in [0.15, 0.2) is 0 Å². The Morgan fingerprint density at radius 2 is 1.44 bits per heavy atom. The summed E-state index contributed by atoms with van der Waals surface area (Å²) in [4.78, 5) is 0. The SMILES string of the molecule is ON=C(c1ccccc1)c1ccc(F)cc1. The average Bonchev–Trinajstić information content (AvgIpc) is 2.34. The minimum absolute atomic E-state index is 0.311. The van der Waals surface area contributed by atoms with Gasteiger partial charge < -0.3 is 5.21 Å². The fraction of sp³-hybridized carbons (Fsp3) is 0. The van der Waals surface area contributed by atoms with Gasteiger partial charge in [0.1, 0.15) is 11.5 Å². The lowest BCUT2D eigenvalue weighted by Crippen LogP contribution is -2.02. The smallest absolute Gasteiger partial charge is 0.123 e. The number of benzene rings is 2. The predicted octanol–water partition coefficient (Wildman–Crippen LogP) is 3.05. The normalized spacial score (nSPS) is 11.4. The van der Waals surface area contributed by atoms with Crippen molar-refractivity contribution < 1.29 is 9.60 Å². The molecule has 0 atom stereocenters. The number of rotatable bonds is 2. The molecule has 2 nitrogen and oxygen atoms in total. The molecule has 1 N–H and O–H groups in total. The molecule has 0 amide bonds. The van der Waals surface area contributed by atoms with Gasteiger partial charge in [-0.2, -0.15) is 0 Å². The Kier molecular flexibility index (Phi) is 2.96. The van der Waals surface area contributed by atoms with Crippen LogP contribution in [0.15, 0.2) is 59.8 Å². The Labute approximate surface area is 92.7 Å². The third kappa shape index (κ3) is 2.08. The Morgan fingerprint density at radius 1 is 0.875 bits per heavy atom. The van der Waals surface area contributed by atoms with Crippen molar-refractivity contribution >= 4 is 5.71 Å². The molecule has 16 heavy (non-hydrogen) atoms. The van der Waals surface area contributed by atoms with E-state index in [9.17, 15) is 4.39 Å². The van der Waals surface area contributed by atoms with Gasteiger partial charge in [-0.3, -0.25) is 0 Å². The quantitative estimate of drug-likeness (QED) is 0.466. The molecule has 0 aromatic heterocycles. The van der Waals surface area contributed by atoms with Gasteiger partial charge in [-0.1, -0.05) is 35.5 Å². The van der Waals surface area contributed by atoms with Gasteiger partial charge in [0, 0.05) is 11.1 Å². The van der Waals surface area contributed by atoms with Crippen LogP contribution in [0, 0.1) is 5.82 Å². The first kappa shape index (κ1) is 10.4. The van der Waals surface area contributed by atoms with E-state index in [4.69, 9.17) is 5.21 Å². The average molecular weight is 215 g/mol. The number of hydrogen-bond acceptors (Lipinski definition) is 2. The molecule has 2 aromatic rings. The van der Waals surface area contributed by atoms with E-state index < -0.39 is 0 Å². The van der Waals surface area contributed by atoms with Gasteiger partial charge in [-0.25, -0.2) is 4.39 Å². The predicted molar refractivity (Wildman–Crippen MR) is 60.3 cm³/mol. The molecule has 0 spiro atoms. The molecule has 80 valence electrons. The first-order valence-corrected chi connectivity index (χ1v) is 4.84. The summed E-state index contributed by atoms with van der Waals surface area (Å²) in [7, 11) is 0. The summed E-state index contributed by atoms with van der Waals surface area (Å²) < 4.78 is 12.8. The zero-order valence-electron chi connectivity index (χ0n) is 8.47. The van der Waals surface area contributed by atoms with E-state index >= 15 is 0 Å². The van der Waals surface area contributed by atoms with Gasteiger partial charge in [-0.15, -0.1) is 0 Å². The highest BCUT2D eigenvalue weighted by molar-refractivity contribution is 6.12. The monoisotopic (exact) mass is 215 g/mol. The van der Waals surface area contributed by atoms with E-state index in [-0.39, 0.29) is 5.82 Å². The molecule has 0 saturated carbocycles. The van der Waals surface area contributed by atoms with Crippen LogP contribution in [0.25, 0.3) is 0 Å². The highest BCUT2D eigenvalue weighted by atomic mass is 19.1. The molecule has 2 aromatic carbocycles. The largest absolute Gasteiger partial charge is 0.410 e. The molecule has 0 heterocycles. The third-order valence-electron chi connectivity index (χ3n) is 2.26. The van der Waals surface area contributed by atoms with Crippen LogP contribution in [0.5, 0.6) is 0 Å². The van der Waals surface area contributed by atoms with Crippen molar-refractivity contribution in [2.45, 2.75) is 0 Å². The van der Waals surface area contributed by atoms with E-state index in [0.29, 0.717) is 11.3 Å². The maximum atomic E-state index is 12.8. The van der Waals surface area contributed by atoms with E-state index in [1.54, 1.807) is 12.1 Å². The standard InChI is InChI=1S/C13H10FNO/c14-12-8-6-11(7-9-12)13(15-16)10-4-2-1-3-5-10/h1-9,16H. The molecule has 0 aliphatic heterocycles.